The first kappa shape index (κ1) is 28.9. The predicted molar refractivity (Wildman–Crippen MR) is 152 cm³/mol. The number of nitrogens with one attached hydrogen (secondary N) is 1. The van der Waals surface area contributed by atoms with E-state index in [0.29, 0.717) is 12.6 Å². The van der Waals surface area contributed by atoms with Crippen LogP contribution in [0.4, 0.5) is 0 Å². The molecule has 0 amide bonds. The van der Waals surface area contributed by atoms with Crippen molar-refractivity contribution in [2.75, 3.05) is 26.8 Å². The lowest BCUT2D eigenvalue weighted by molar-refractivity contribution is -0.253. The molecule has 4 atom stereocenters. The van der Waals surface area contributed by atoms with Crippen LogP contribution < -0.4 is 4.72 Å². The highest BCUT2D eigenvalue weighted by molar-refractivity contribution is 7.89. The van der Waals surface area contributed by atoms with Gasteiger partial charge in [0.05, 0.1) is 30.3 Å². The van der Waals surface area contributed by atoms with Crippen LogP contribution in [-0.4, -0.2) is 57.4 Å². The van der Waals surface area contributed by atoms with Gasteiger partial charge in [0, 0.05) is 38.2 Å². The highest BCUT2D eigenvalue weighted by atomic mass is 32.2. The molecule has 5 rings (SSSR count). The zero-order valence-electron chi connectivity index (χ0n) is 22.8. The number of hydrogen-bond donors (Lipinski definition) is 2. The average Bonchev–Trinajstić information content (AvgIpc) is 3.43. The van der Waals surface area contributed by atoms with Crippen molar-refractivity contribution in [3.05, 3.63) is 101 Å². The molecule has 2 N–H and O–H groups in total. The van der Waals surface area contributed by atoms with Crippen LogP contribution >= 0.6 is 0 Å². The van der Waals surface area contributed by atoms with Gasteiger partial charge in [-0.05, 0) is 48.2 Å². The van der Waals surface area contributed by atoms with Gasteiger partial charge in [-0.25, -0.2) is 13.1 Å². The van der Waals surface area contributed by atoms with Crippen LogP contribution in [-0.2, 0) is 37.4 Å². The van der Waals surface area contributed by atoms with Gasteiger partial charge in [-0.1, -0.05) is 66.7 Å². The third-order valence-electron chi connectivity index (χ3n) is 7.68. The van der Waals surface area contributed by atoms with E-state index < -0.39 is 16.3 Å². The number of nitrogens with zero attached hydrogens (tertiary/aromatic N) is 1. The largest absolute Gasteiger partial charge is 0.392 e. The van der Waals surface area contributed by atoms with Crippen molar-refractivity contribution < 1.29 is 27.7 Å². The van der Waals surface area contributed by atoms with Crippen LogP contribution in [0.3, 0.4) is 0 Å². The van der Waals surface area contributed by atoms with Gasteiger partial charge in [-0.3, -0.25) is 4.90 Å². The number of likely N-dealkylation sites (tertiary alicyclic amines) is 1. The maximum absolute atomic E-state index is 12.6. The zero-order valence-corrected chi connectivity index (χ0v) is 23.6. The van der Waals surface area contributed by atoms with Crippen LogP contribution in [0.25, 0.3) is 0 Å². The summed E-state index contributed by atoms with van der Waals surface area (Å²) in [5.41, 5.74) is 3.64. The Bertz CT molecular complexity index is 1320. The maximum atomic E-state index is 12.6. The molecule has 0 aliphatic carbocycles. The molecular weight excluding hydrogens is 528 g/mol. The quantitative estimate of drug-likeness (QED) is 0.357. The molecule has 3 aromatic carbocycles. The minimum absolute atomic E-state index is 0.00384. The topological polar surface area (TPSA) is 97.3 Å². The molecule has 2 saturated heterocycles. The first-order valence-corrected chi connectivity index (χ1v) is 15.3. The van der Waals surface area contributed by atoms with Gasteiger partial charge in [0.25, 0.3) is 0 Å². The molecule has 0 bridgehead atoms. The number of sulfonamides is 1. The van der Waals surface area contributed by atoms with Crippen LogP contribution in [0.5, 0.6) is 0 Å². The number of aliphatic hydroxyl groups excluding tert-OH is 1. The SMILES string of the molecule is COC[C@@H]1CCCN1C[C@@H]1C[C@H](c2ccc(CO)cc2)O[C@H](c2ccc(CNS(=O)(=O)c3ccccc3)cc2)O1. The summed E-state index contributed by atoms with van der Waals surface area (Å²) in [6.45, 7) is 2.74. The summed E-state index contributed by atoms with van der Waals surface area (Å²) in [5.74, 6) is 0. The molecule has 0 spiro atoms. The summed E-state index contributed by atoms with van der Waals surface area (Å²) in [5, 5.41) is 9.46. The lowest BCUT2D eigenvalue weighted by Crippen LogP contribution is -2.42. The van der Waals surface area contributed by atoms with E-state index in [2.05, 4.69) is 9.62 Å². The van der Waals surface area contributed by atoms with E-state index in [4.69, 9.17) is 14.2 Å². The Balaban J connectivity index is 1.29. The summed E-state index contributed by atoms with van der Waals surface area (Å²) in [6, 6.07) is 24.3. The van der Waals surface area contributed by atoms with Gasteiger partial charge in [0.2, 0.25) is 10.0 Å². The minimum atomic E-state index is -3.59. The Labute approximate surface area is 236 Å². The van der Waals surface area contributed by atoms with Crippen molar-refractivity contribution in [2.45, 2.75) is 61.8 Å². The van der Waals surface area contributed by atoms with Gasteiger partial charge in [0.1, 0.15) is 0 Å². The van der Waals surface area contributed by atoms with E-state index in [1.807, 2.05) is 48.5 Å². The molecule has 9 heteroatoms. The van der Waals surface area contributed by atoms with Crippen molar-refractivity contribution in [1.29, 1.82) is 0 Å². The van der Waals surface area contributed by atoms with Gasteiger partial charge in [-0.15, -0.1) is 0 Å². The number of rotatable bonds is 11. The number of methoxy groups -OCH3 is 1. The Hall–Kier alpha value is -2.63. The summed E-state index contributed by atoms with van der Waals surface area (Å²) in [4.78, 5) is 2.70. The molecule has 0 saturated carbocycles. The minimum Gasteiger partial charge on any atom is -0.392 e. The Morgan fingerprint density at radius 1 is 0.950 bits per heavy atom. The molecule has 2 aliphatic heterocycles. The Morgan fingerprint density at radius 3 is 2.35 bits per heavy atom. The standard InChI is InChI=1S/C31H38N2O6S/c1-37-22-27-6-5-17-33(27)20-28-18-30(25-13-11-24(21-34)12-14-25)39-31(38-28)26-15-9-23(10-16-26)19-32-40(35,36)29-7-3-2-4-8-29/h2-4,7-16,27-28,30-32,34H,5-6,17-22H2,1H3/t27-,28-,30+,31+/m0/s1. The molecule has 0 aromatic heterocycles. The second-order valence-corrected chi connectivity index (χ2v) is 12.2. The number of benzene rings is 3. The van der Waals surface area contributed by atoms with Gasteiger partial charge in [0.15, 0.2) is 6.29 Å². The van der Waals surface area contributed by atoms with Gasteiger partial charge >= 0.3 is 0 Å². The Morgan fingerprint density at radius 2 is 1.65 bits per heavy atom. The summed E-state index contributed by atoms with van der Waals surface area (Å²) < 4.78 is 46.3. The third kappa shape index (κ3) is 7.16. The van der Waals surface area contributed by atoms with E-state index >= 15 is 0 Å². The van der Waals surface area contributed by atoms with Crippen LogP contribution in [0, 0.1) is 0 Å². The van der Waals surface area contributed by atoms with E-state index in [-0.39, 0.29) is 30.3 Å². The van der Waals surface area contributed by atoms with Gasteiger partial charge < -0.3 is 19.3 Å². The lowest BCUT2D eigenvalue weighted by atomic mass is 9.99. The molecule has 0 unspecified atom stereocenters. The molecule has 2 fully saturated rings. The van der Waals surface area contributed by atoms with Crippen molar-refractivity contribution in [2.24, 2.45) is 0 Å². The fraction of sp³-hybridized carbons (Fsp3) is 0.419. The van der Waals surface area contributed by atoms with E-state index in [1.165, 1.54) is 0 Å². The summed E-state index contributed by atoms with van der Waals surface area (Å²) >= 11 is 0. The molecule has 0 radical (unpaired) electrons. The van der Waals surface area contributed by atoms with E-state index in [1.54, 1.807) is 37.4 Å². The molecule has 2 aliphatic rings. The molecular formula is C31H38N2O6S. The first-order valence-electron chi connectivity index (χ1n) is 13.8. The normalized spacial score (nSPS) is 23.9. The smallest absolute Gasteiger partial charge is 0.240 e. The first-order chi connectivity index (χ1) is 19.4. The van der Waals surface area contributed by atoms with E-state index in [9.17, 15) is 13.5 Å². The monoisotopic (exact) mass is 566 g/mol. The van der Waals surface area contributed by atoms with Crippen molar-refractivity contribution >= 4 is 10.0 Å². The second-order valence-electron chi connectivity index (χ2n) is 10.5. The number of ether oxygens (including phenoxy) is 3. The van der Waals surface area contributed by atoms with Crippen molar-refractivity contribution in [3.63, 3.8) is 0 Å². The molecule has 214 valence electrons. The van der Waals surface area contributed by atoms with Crippen LogP contribution in [0.2, 0.25) is 0 Å². The molecule has 2 heterocycles. The molecule has 40 heavy (non-hydrogen) atoms. The fourth-order valence-corrected chi connectivity index (χ4v) is 6.50. The van der Waals surface area contributed by atoms with Gasteiger partial charge in [-0.2, -0.15) is 0 Å². The molecule has 3 aromatic rings. The molecule has 8 nitrogen and oxygen atoms in total. The second kappa shape index (κ2) is 13.4. The summed E-state index contributed by atoms with van der Waals surface area (Å²) in [6.07, 6.45) is 2.27. The fourth-order valence-electron chi connectivity index (χ4n) is 5.47. The third-order valence-corrected chi connectivity index (χ3v) is 9.10. The number of hydrogen-bond acceptors (Lipinski definition) is 7. The van der Waals surface area contributed by atoms with Crippen molar-refractivity contribution in [1.82, 2.24) is 9.62 Å². The zero-order chi connectivity index (χ0) is 28.0. The summed E-state index contributed by atoms with van der Waals surface area (Å²) in [7, 11) is -1.84. The average molecular weight is 567 g/mol. The highest BCUT2D eigenvalue weighted by Crippen LogP contribution is 2.38. The predicted octanol–water partition coefficient (Wildman–Crippen LogP) is 4.31. The van der Waals surface area contributed by atoms with Crippen molar-refractivity contribution in [3.8, 4) is 0 Å². The van der Waals surface area contributed by atoms with Crippen LogP contribution in [0.15, 0.2) is 83.8 Å². The number of aliphatic hydroxyl groups is 1. The van der Waals surface area contributed by atoms with E-state index in [0.717, 1.165) is 54.6 Å². The lowest BCUT2D eigenvalue weighted by Gasteiger charge is -2.38. The van der Waals surface area contributed by atoms with Crippen LogP contribution in [0.1, 0.15) is 53.9 Å². The maximum Gasteiger partial charge on any atom is 0.240 e. The highest BCUT2D eigenvalue weighted by Gasteiger charge is 2.35. The Kier molecular flexibility index (Phi) is 9.64.